The van der Waals surface area contributed by atoms with E-state index in [1.54, 1.807) is 45.3 Å². The molecule has 0 aliphatic carbocycles. The van der Waals surface area contributed by atoms with Gasteiger partial charge in [-0.1, -0.05) is 38.6 Å². The van der Waals surface area contributed by atoms with Crippen LogP contribution in [0, 0.1) is 0 Å². The van der Waals surface area contributed by atoms with Gasteiger partial charge >= 0.3 is 5.69 Å². The number of hydrogen-bond acceptors (Lipinski definition) is 7. The van der Waals surface area contributed by atoms with E-state index < -0.39 is 21.9 Å². The zero-order valence-electron chi connectivity index (χ0n) is 19.2. The molecule has 0 unspecified atom stereocenters. The molecule has 0 bridgehead atoms. The van der Waals surface area contributed by atoms with Crippen molar-refractivity contribution in [1.82, 2.24) is 19.1 Å². The Morgan fingerprint density at radius 1 is 1.16 bits per heavy atom. The largest absolute Gasteiger partial charge is 0.497 e. The number of nitrogens with one attached hydrogen (secondary N) is 1. The van der Waals surface area contributed by atoms with E-state index >= 15 is 0 Å². The van der Waals surface area contributed by atoms with Crippen molar-refractivity contribution in [3.8, 4) is 5.75 Å². The number of fused-ring (bicyclic) bond motifs is 1. The molecule has 1 N–H and O–H groups in total. The lowest BCUT2D eigenvalue weighted by Gasteiger charge is -2.20. The molecular weight excluding hydrogens is 430 g/mol. The Balaban J connectivity index is 2.06. The SMILES string of the molecule is COc1cccc(NC(=O)[C@H](C)Sc2nc(C(C)(C)C)nc3c2c(=O)n(C)c(=O)n3C)c1. The third-order valence-corrected chi connectivity index (χ3v) is 6.02. The second-order valence-corrected chi connectivity index (χ2v) is 9.82. The van der Waals surface area contributed by atoms with E-state index in [-0.39, 0.29) is 16.9 Å². The first-order valence-electron chi connectivity index (χ1n) is 10.0. The Morgan fingerprint density at radius 2 is 1.84 bits per heavy atom. The molecule has 2 aromatic heterocycles. The van der Waals surface area contributed by atoms with Gasteiger partial charge in [-0.3, -0.25) is 18.7 Å². The number of hydrogen-bond donors (Lipinski definition) is 1. The van der Waals surface area contributed by atoms with Gasteiger partial charge in [0.2, 0.25) is 5.91 Å². The van der Waals surface area contributed by atoms with Crippen molar-refractivity contribution in [2.24, 2.45) is 14.1 Å². The highest BCUT2D eigenvalue weighted by Crippen LogP contribution is 2.30. The van der Waals surface area contributed by atoms with Gasteiger partial charge in [0, 0.05) is 31.3 Å². The predicted octanol–water partition coefficient (Wildman–Crippen LogP) is 2.45. The summed E-state index contributed by atoms with van der Waals surface area (Å²) < 4.78 is 7.55. The molecule has 3 rings (SSSR count). The van der Waals surface area contributed by atoms with E-state index in [0.29, 0.717) is 22.3 Å². The predicted molar refractivity (Wildman–Crippen MR) is 126 cm³/mol. The second kappa shape index (κ2) is 8.78. The standard InChI is InChI=1S/C22H27N5O4S/c1-12(17(28)23-13-9-8-10-14(11-13)31-7)32-18-15-16(24-20(25-18)22(2,3)4)26(5)21(30)27(6)19(15)29/h8-12H,1-7H3,(H,23,28)/t12-/m0/s1. The number of rotatable bonds is 5. The summed E-state index contributed by atoms with van der Waals surface area (Å²) in [6.07, 6.45) is 0. The summed E-state index contributed by atoms with van der Waals surface area (Å²) in [5.74, 6) is 0.856. The van der Waals surface area contributed by atoms with Crippen molar-refractivity contribution in [1.29, 1.82) is 0 Å². The second-order valence-electron chi connectivity index (χ2n) is 8.49. The maximum absolute atomic E-state index is 12.9. The number of anilines is 1. The van der Waals surface area contributed by atoms with Gasteiger partial charge in [-0.05, 0) is 19.1 Å². The van der Waals surface area contributed by atoms with Crippen molar-refractivity contribution in [3.05, 3.63) is 50.9 Å². The molecule has 1 aromatic carbocycles. The fourth-order valence-electron chi connectivity index (χ4n) is 3.02. The summed E-state index contributed by atoms with van der Waals surface area (Å²) in [5, 5.41) is 2.86. The number of aromatic nitrogens is 4. The van der Waals surface area contributed by atoms with Crippen molar-refractivity contribution in [2.45, 2.75) is 43.4 Å². The maximum Gasteiger partial charge on any atom is 0.332 e. The quantitative estimate of drug-likeness (QED) is 0.463. The summed E-state index contributed by atoms with van der Waals surface area (Å²) in [5.41, 5.74) is -0.538. The molecule has 0 fully saturated rings. The van der Waals surface area contributed by atoms with Gasteiger partial charge in [0.25, 0.3) is 5.56 Å². The van der Waals surface area contributed by atoms with Crippen LogP contribution in [0.4, 0.5) is 5.69 Å². The smallest absolute Gasteiger partial charge is 0.332 e. The maximum atomic E-state index is 12.9. The number of carbonyl (C=O) groups is 1. The molecule has 1 amide bonds. The first kappa shape index (κ1) is 23.5. The zero-order valence-corrected chi connectivity index (χ0v) is 20.0. The Kier molecular flexibility index (Phi) is 6.45. The zero-order chi connectivity index (χ0) is 23.8. The molecular formula is C22H27N5O4S. The van der Waals surface area contributed by atoms with Crippen LogP contribution in [0.3, 0.4) is 0 Å². The first-order valence-corrected chi connectivity index (χ1v) is 10.9. The molecule has 0 aliphatic rings. The lowest BCUT2D eigenvalue weighted by molar-refractivity contribution is -0.115. The van der Waals surface area contributed by atoms with Crippen LogP contribution in [0.15, 0.2) is 38.9 Å². The van der Waals surface area contributed by atoms with Gasteiger partial charge in [0.1, 0.15) is 22.0 Å². The van der Waals surface area contributed by atoms with Gasteiger partial charge in [-0.25, -0.2) is 14.8 Å². The molecule has 0 saturated carbocycles. The molecule has 1 atom stereocenters. The van der Waals surface area contributed by atoms with Crippen LogP contribution >= 0.6 is 11.8 Å². The number of aryl methyl sites for hydroxylation is 1. The fraction of sp³-hybridized carbons (Fsp3) is 0.409. The molecule has 170 valence electrons. The van der Waals surface area contributed by atoms with E-state index in [0.717, 1.165) is 16.3 Å². The first-order chi connectivity index (χ1) is 14.9. The average Bonchev–Trinajstić information content (AvgIpc) is 2.75. The van der Waals surface area contributed by atoms with Crippen molar-refractivity contribution < 1.29 is 9.53 Å². The van der Waals surface area contributed by atoms with Gasteiger partial charge < -0.3 is 10.1 Å². The van der Waals surface area contributed by atoms with E-state index in [4.69, 9.17) is 4.74 Å². The molecule has 2 heterocycles. The lowest BCUT2D eigenvalue weighted by atomic mass is 9.96. The van der Waals surface area contributed by atoms with E-state index in [1.165, 1.54) is 11.6 Å². The van der Waals surface area contributed by atoms with Crippen LogP contribution in [0.2, 0.25) is 0 Å². The Bertz CT molecular complexity index is 1310. The fourth-order valence-corrected chi connectivity index (χ4v) is 3.95. The normalized spacial score (nSPS) is 12.6. The third kappa shape index (κ3) is 4.55. The molecule has 0 saturated heterocycles. The number of amides is 1. The minimum Gasteiger partial charge on any atom is -0.497 e. The van der Waals surface area contributed by atoms with Crippen LogP contribution in [0.5, 0.6) is 5.75 Å². The van der Waals surface area contributed by atoms with Gasteiger partial charge in [-0.2, -0.15) is 0 Å². The highest BCUT2D eigenvalue weighted by molar-refractivity contribution is 8.00. The number of benzene rings is 1. The molecule has 0 aliphatic heterocycles. The van der Waals surface area contributed by atoms with E-state index in [1.807, 2.05) is 20.8 Å². The highest BCUT2D eigenvalue weighted by atomic mass is 32.2. The topological polar surface area (TPSA) is 108 Å². The van der Waals surface area contributed by atoms with Crippen LogP contribution in [-0.2, 0) is 24.3 Å². The monoisotopic (exact) mass is 457 g/mol. The van der Waals surface area contributed by atoms with Crippen LogP contribution in [0.1, 0.15) is 33.5 Å². The van der Waals surface area contributed by atoms with Crippen molar-refractivity contribution in [2.75, 3.05) is 12.4 Å². The minimum absolute atomic E-state index is 0.216. The molecule has 3 aromatic rings. The Labute approximate surface area is 189 Å². The number of ether oxygens (including phenoxy) is 1. The summed E-state index contributed by atoms with van der Waals surface area (Å²) in [6, 6.07) is 7.05. The minimum atomic E-state index is -0.575. The molecule has 32 heavy (non-hydrogen) atoms. The number of methoxy groups -OCH3 is 1. The summed E-state index contributed by atoms with van der Waals surface area (Å²) >= 11 is 1.15. The van der Waals surface area contributed by atoms with Crippen molar-refractivity contribution in [3.63, 3.8) is 0 Å². The van der Waals surface area contributed by atoms with Crippen LogP contribution in [0.25, 0.3) is 11.0 Å². The molecule has 9 nitrogen and oxygen atoms in total. The van der Waals surface area contributed by atoms with E-state index in [2.05, 4.69) is 15.3 Å². The van der Waals surface area contributed by atoms with Gasteiger partial charge in [0.05, 0.1) is 12.4 Å². The van der Waals surface area contributed by atoms with Crippen LogP contribution < -0.4 is 21.3 Å². The van der Waals surface area contributed by atoms with Crippen molar-refractivity contribution >= 4 is 34.4 Å². The average molecular weight is 458 g/mol. The summed E-state index contributed by atoms with van der Waals surface area (Å²) in [7, 11) is 4.53. The lowest BCUT2D eigenvalue weighted by Crippen LogP contribution is -2.38. The van der Waals surface area contributed by atoms with Crippen LogP contribution in [-0.4, -0.2) is 37.4 Å². The number of thioether (sulfide) groups is 1. The highest BCUT2D eigenvalue weighted by Gasteiger charge is 2.26. The summed E-state index contributed by atoms with van der Waals surface area (Å²) in [4.78, 5) is 47.4. The molecule has 0 radical (unpaired) electrons. The molecule has 10 heteroatoms. The molecule has 0 spiro atoms. The Morgan fingerprint density at radius 3 is 2.47 bits per heavy atom. The number of carbonyl (C=O) groups excluding carboxylic acids is 1. The third-order valence-electron chi connectivity index (χ3n) is 4.93. The number of nitrogens with zero attached hydrogens (tertiary/aromatic N) is 4. The van der Waals surface area contributed by atoms with Gasteiger partial charge in [0.15, 0.2) is 5.65 Å². The Hall–Kier alpha value is -3.14. The van der Waals surface area contributed by atoms with E-state index in [9.17, 15) is 14.4 Å². The summed E-state index contributed by atoms with van der Waals surface area (Å²) in [6.45, 7) is 7.57. The van der Waals surface area contributed by atoms with Gasteiger partial charge in [-0.15, -0.1) is 0 Å².